The Morgan fingerprint density at radius 1 is 1.21 bits per heavy atom. The summed E-state index contributed by atoms with van der Waals surface area (Å²) < 4.78 is 7.80. The first-order valence-electron chi connectivity index (χ1n) is 6.93. The maximum absolute atomic E-state index is 5.63. The van der Waals surface area contributed by atoms with Crippen LogP contribution in [0.25, 0.3) is 0 Å². The van der Waals surface area contributed by atoms with E-state index in [9.17, 15) is 0 Å². The zero-order chi connectivity index (χ0) is 13.5. The van der Waals surface area contributed by atoms with Gasteiger partial charge in [-0.2, -0.15) is 0 Å². The summed E-state index contributed by atoms with van der Waals surface area (Å²) in [6.45, 7) is 6.87. The molecule has 0 spiro atoms. The molecule has 0 fully saturated rings. The molecule has 0 aliphatic rings. The molecule has 2 rings (SSSR count). The molecule has 1 N–H and O–H groups in total. The minimum absolute atomic E-state index is 0.767. The van der Waals surface area contributed by atoms with Gasteiger partial charge in [0.2, 0.25) is 0 Å². The highest BCUT2D eigenvalue weighted by Gasteiger charge is 1.98. The molecule has 0 atom stereocenters. The Bertz CT molecular complexity index is 505. The molecular weight excluding hydrogens is 236 g/mol. The summed E-state index contributed by atoms with van der Waals surface area (Å²) in [7, 11) is 0. The number of rotatable bonds is 7. The largest absolute Gasteiger partial charge is 0.494 e. The Hall–Kier alpha value is -1.90. The fourth-order valence-corrected chi connectivity index (χ4v) is 1.91. The van der Waals surface area contributed by atoms with Gasteiger partial charge in [0.15, 0.2) is 0 Å². The standard InChI is InChI=1S/C16H22N2O/c1-3-10-19-16-7-5-6-15(11-16)17-12-14-8-9-18(4-2)13-14/h5-9,11,13,17H,3-4,10,12H2,1-2H3. The molecule has 0 unspecified atom stereocenters. The average molecular weight is 258 g/mol. The van der Waals surface area contributed by atoms with Crippen molar-refractivity contribution in [3.8, 4) is 5.75 Å². The van der Waals surface area contributed by atoms with E-state index in [-0.39, 0.29) is 0 Å². The third-order valence-corrected chi connectivity index (χ3v) is 2.98. The number of anilines is 1. The number of aromatic nitrogens is 1. The third kappa shape index (κ3) is 4.05. The third-order valence-electron chi connectivity index (χ3n) is 2.98. The summed E-state index contributed by atoms with van der Waals surface area (Å²) in [5.74, 6) is 0.929. The second-order valence-electron chi connectivity index (χ2n) is 4.58. The molecular formula is C16H22N2O. The molecule has 0 radical (unpaired) electrons. The Morgan fingerprint density at radius 3 is 2.84 bits per heavy atom. The molecule has 1 aromatic carbocycles. The van der Waals surface area contributed by atoms with Gasteiger partial charge in [-0.15, -0.1) is 0 Å². The highest BCUT2D eigenvalue weighted by Crippen LogP contribution is 2.18. The summed E-state index contributed by atoms with van der Waals surface area (Å²) in [6, 6.07) is 10.3. The topological polar surface area (TPSA) is 26.2 Å². The van der Waals surface area contributed by atoms with Gasteiger partial charge in [-0.3, -0.25) is 0 Å². The molecule has 0 saturated carbocycles. The van der Waals surface area contributed by atoms with Gasteiger partial charge < -0.3 is 14.6 Å². The lowest BCUT2D eigenvalue weighted by Crippen LogP contribution is -2.00. The van der Waals surface area contributed by atoms with Crippen LogP contribution in [0.5, 0.6) is 5.75 Å². The zero-order valence-corrected chi connectivity index (χ0v) is 11.7. The first kappa shape index (κ1) is 13.5. The Kier molecular flexibility index (Phi) is 4.90. The smallest absolute Gasteiger partial charge is 0.121 e. The predicted octanol–water partition coefficient (Wildman–Crippen LogP) is 3.91. The van der Waals surface area contributed by atoms with Crippen molar-refractivity contribution in [1.82, 2.24) is 4.57 Å². The molecule has 102 valence electrons. The van der Waals surface area contributed by atoms with Crippen LogP contribution in [-0.2, 0) is 13.1 Å². The van der Waals surface area contributed by atoms with Crippen molar-refractivity contribution < 1.29 is 4.74 Å². The highest BCUT2D eigenvalue weighted by molar-refractivity contribution is 5.48. The highest BCUT2D eigenvalue weighted by atomic mass is 16.5. The first-order chi connectivity index (χ1) is 9.31. The van der Waals surface area contributed by atoms with E-state index in [2.05, 4.69) is 48.3 Å². The summed E-state index contributed by atoms with van der Waals surface area (Å²) in [6.07, 6.45) is 5.31. The zero-order valence-electron chi connectivity index (χ0n) is 11.7. The van der Waals surface area contributed by atoms with Crippen LogP contribution in [0.2, 0.25) is 0 Å². The number of ether oxygens (including phenoxy) is 1. The number of aryl methyl sites for hydroxylation is 1. The van der Waals surface area contributed by atoms with Crippen LogP contribution in [0.4, 0.5) is 5.69 Å². The lowest BCUT2D eigenvalue weighted by Gasteiger charge is -2.08. The Balaban J connectivity index is 1.91. The van der Waals surface area contributed by atoms with Crippen molar-refractivity contribution >= 4 is 5.69 Å². The average Bonchev–Trinajstić information content (AvgIpc) is 2.91. The van der Waals surface area contributed by atoms with Gasteiger partial charge in [-0.1, -0.05) is 13.0 Å². The molecule has 3 heteroatoms. The van der Waals surface area contributed by atoms with E-state index in [1.54, 1.807) is 0 Å². The summed E-state index contributed by atoms with van der Waals surface area (Å²) in [5, 5.41) is 3.42. The molecule has 0 saturated heterocycles. The van der Waals surface area contributed by atoms with Gasteiger partial charge in [0.25, 0.3) is 0 Å². The Labute approximate surface area is 115 Å². The van der Waals surface area contributed by atoms with Gasteiger partial charge >= 0.3 is 0 Å². The van der Waals surface area contributed by atoms with Crippen molar-refractivity contribution in [2.45, 2.75) is 33.4 Å². The minimum Gasteiger partial charge on any atom is -0.494 e. The second kappa shape index (κ2) is 6.88. The predicted molar refractivity (Wildman–Crippen MR) is 79.7 cm³/mol. The fourth-order valence-electron chi connectivity index (χ4n) is 1.91. The maximum atomic E-state index is 5.63. The van der Waals surface area contributed by atoms with Crippen LogP contribution in [0.15, 0.2) is 42.7 Å². The summed E-state index contributed by atoms with van der Waals surface area (Å²) in [5.41, 5.74) is 2.39. The van der Waals surface area contributed by atoms with Crippen LogP contribution in [0.1, 0.15) is 25.8 Å². The summed E-state index contributed by atoms with van der Waals surface area (Å²) in [4.78, 5) is 0. The second-order valence-corrected chi connectivity index (χ2v) is 4.58. The molecule has 0 aliphatic carbocycles. The molecule has 0 bridgehead atoms. The van der Waals surface area contributed by atoms with E-state index in [4.69, 9.17) is 4.74 Å². The van der Waals surface area contributed by atoms with Crippen molar-refractivity contribution in [1.29, 1.82) is 0 Å². The number of nitrogens with zero attached hydrogens (tertiary/aromatic N) is 1. The van der Waals surface area contributed by atoms with E-state index in [0.717, 1.165) is 37.6 Å². The fraction of sp³-hybridized carbons (Fsp3) is 0.375. The molecule has 0 aliphatic heterocycles. The van der Waals surface area contributed by atoms with Gasteiger partial charge in [0.05, 0.1) is 6.61 Å². The molecule has 1 heterocycles. The normalized spacial score (nSPS) is 10.4. The van der Waals surface area contributed by atoms with E-state index >= 15 is 0 Å². The van der Waals surface area contributed by atoms with E-state index in [1.165, 1.54) is 5.56 Å². The first-order valence-corrected chi connectivity index (χ1v) is 6.93. The van der Waals surface area contributed by atoms with Gasteiger partial charge in [0, 0.05) is 37.2 Å². The number of benzene rings is 1. The number of hydrogen-bond acceptors (Lipinski definition) is 2. The van der Waals surface area contributed by atoms with Crippen molar-refractivity contribution in [2.75, 3.05) is 11.9 Å². The molecule has 2 aromatic rings. The molecule has 1 aromatic heterocycles. The number of hydrogen-bond donors (Lipinski definition) is 1. The van der Waals surface area contributed by atoms with Crippen LogP contribution in [0.3, 0.4) is 0 Å². The van der Waals surface area contributed by atoms with Crippen molar-refractivity contribution in [3.63, 3.8) is 0 Å². The van der Waals surface area contributed by atoms with E-state index < -0.39 is 0 Å². The number of nitrogens with one attached hydrogen (secondary N) is 1. The van der Waals surface area contributed by atoms with Gasteiger partial charge in [-0.05, 0) is 37.1 Å². The van der Waals surface area contributed by atoms with Crippen LogP contribution in [-0.4, -0.2) is 11.2 Å². The quantitative estimate of drug-likeness (QED) is 0.815. The molecule has 19 heavy (non-hydrogen) atoms. The van der Waals surface area contributed by atoms with Crippen LogP contribution in [0, 0.1) is 0 Å². The maximum Gasteiger partial charge on any atom is 0.121 e. The molecule has 0 amide bonds. The van der Waals surface area contributed by atoms with Crippen LogP contribution < -0.4 is 10.1 Å². The Morgan fingerprint density at radius 2 is 2.11 bits per heavy atom. The SMILES string of the molecule is CCCOc1cccc(NCc2ccn(CC)c2)c1. The molecule has 3 nitrogen and oxygen atoms in total. The van der Waals surface area contributed by atoms with Crippen LogP contribution >= 0.6 is 0 Å². The lowest BCUT2D eigenvalue weighted by atomic mass is 10.2. The van der Waals surface area contributed by atoms with Crippen molar-refractivity contribution in [3.05, 3.63) is 48.3 Å². The van der Waals surface area contributed by atoms with Gasteiger partial charge in [-0.25, -0.2) is 0 Å². The van der Waals surface area contributed by atoms with Gasteiger partial charge in [0.1, 0.15) is 5.75 Å². The van der Waals surface area contributed by atoms with E-state index in [1.807, 2.05) is 18.2 Å². The lowest BCUT2D eigenvalue weighted by molar-refractivity contribution is 0.317. The monoisotopic (exact) mass is 258 g/mol. The minimum atomic E-state index is 0.767. The van der Waals surface area contributed by atoms with Crippen molar-refractivity contribution in [2.24, 2.45) is 0 Å². The summed E-state index contributed by atoms with van der Waals surface area (Å²) >= 11 is 0. The van der Waals surface area contributed by atoms with E-state index in [0.29, 0.717) is 0 Å².